The number of nitrogens with two attached hydrogens (primary N) is 2. The van der Waals surface area contributed by atoms with E-state index in [0.717, 1.165) is 16.9 Å². The molecule has 0 aromatic heterocycles. The van der Waals surface area contributed by atoms with Gasteiger partial charge in [0, 0.05) is 17.9 Å². The molecule has 1 unspecified atom stereocenters. The van der Waals surface area contributed by atoms with Gasteiger partial charge in [0.1, 0.15) is 6.04 Å². The van der Waals surface area contributed by atoms with Gasteiger partial charge < -0.3 is 21.1 Å². The van der Waals surface area contributed by atoms with Crippen LogP contribution in [0, 0.1) is 6.92 Å². The molecule has 1 aliphatic rings. The van der Waals surface area contributed by atoms with E-state index in [2.05, 4.69) is 0 Å². The molecule has 5 nitrogen and oxygen atoms in total. The van der Waals surface area contributed by atoms with Gasteiger partial charge >= 0.3 is 0 Å². The smallest absolute Gasteiger partial charge is 0.242 e. The molecule has 0 spiro atoms. The summed E-state index contributed by atoms with van der Waals surface area (Å²) in [6, 6.07) is 5.25. The number of carbonyl (C=O) groups is 1. The predicted octanol–water partition coefficient (Wildman–Crippen LogP) is 0.268. The predicted molar refractivity (Wildman–Crippen MR) is 66.7 cm³/mol. The van der Waals surface area contributed by atoms with Crippen LogP contribution in [0.4, 0.5) is 11.4 Å². The Labute approximate surface area is 100 Å². The van der Waals surface area contributed by atoms with Crippen molar-refractivity contribution in [3.05, 3.63) is 23.8 Å². The molecular formula is C12H17N3O2. The third-order valence-electron chi connectivity index (χ3n) is 2.99. The van der Waals surface area contributed by atoms with Gasteiger partial charge in [0.15, 0.2) is 0 Å². The molecule has 5 heteroatoms. The zero-order valence-corrected chi connectivity index (χ0v) is 9.85. The molecule has 1 fully saturated rings. The number of rotatable bonds is 2. The lowest BCUT2D eigenvalue weighted by Gasteiger charge is -2.36. The Bertz CT molecular complexity index is 434. The van der Waals surface area contributed by atoms with Gasteiger partial charge in [0.05, 0.1) is 13.2 Å². The fourth-order valence-corrected chi connectivity index (χ4v) is 2.13. The number of nitrogens with zero attached hydrogens (tertiary/aromatic N) is 1. The van der Waals surface area contributed by atoms with Gasteiger partial charge in [0.2, 0.25) is 5.91 Å². The summed E-state index contributed by atoms with van der Waals surface area (Å²) in [6.45, 7) is 3.59. The second-order valence-electron chi connectivity index (χ2n) is 4.23. The highest BCUT2D eigenvalue weighted by Crippen LogP contribution is 2.25. The minimum atomic E-state index is -0.397. The van der Waals surface area contributed by atoms with Crippen molar-refractivity contribution in [2.24, 2.45) is 5.73 Å². The average Bonchev–Trinajstić information content (AvgIpc) is 2.29. The molecule has 1 saturated heterocycles. The van der Waals surface area contributed by atoms with E-state index in [9.17, 15) is 4.79 Å². The van der Waals surface area contributed by atoms with E-state index in [4.69, 9.17) is 16.2 Å². The maximum atomic E-state index is 11.4. The van der Waals surface area contributed by atoms with Crippen molar-refractivity contribution < 1.29 is 9.53 Å². The zero-order valence-electron chi connectivity index (χ0n) is 9.85. The summed E-state index contributed by atoms with van der Waals surface area (Å²) in [5.41, 5.74) is 13.9. The summed E-state index contributed by atoms with van der Waals surface area (Å²) >= 11 is 0. The number of hydrogen-bond acceptors (Lipinski definition) is 4. The monoisotopic (exact) mass is 235 g/mol. The van der Waals surface area contributed by atoms with Crippen LogP contribution in [0.25, 0.3) is 0 Å². The van der Waals surface area contributed by atoms with Crippen molar-refractivity contribution in [2.45, 2.75) is 13.0 Å². The van der Waals surface area contributed by atoms with Gasteiger partial charge in [0.25, 0.3) is 0 Å². The molecule has 1 amide bonds. The van der Waals surface area contributed by atoms with Crippen molar-refractivity contribution in [2.75, 3.05) is 30.4 Å². The number of aryl methyl sites for hydroxylation is 1. The van der Waals surface area contributed by atoms with Crippen LogP contribution in [0.3, 0.4) is 0 Å². The third kappa shape index (κ3) is 2.34. The van der Waals surface area contributed by atoms with Gasteiger partial charge in [-0.3, -0.25) is 4.79 Å². The van der Waals surface area contributed by atoms with Gasteiger partial charge in [-0.1, -0.05) is 0 Å². The minimum absolute atomic E-state index is 0.346. The Morgan fingerprint density at radius 1 is 1.53 bits per heavy atom. The molecule has 17 heavy (non-hydrogen) atoms. The first-order valence-electron chi connectivity index (χ1n) is 5.59. The molecule has 1 aliphatic heterocycles. The van der Waals surface area contributed by atoms with Crippen molar-refractivity contribution in [1.82, 2.24) is 0 Å². The molecule has 92 valence electrons. The second-order valence-corrected chi connectivity index (χ2v) is 4.23. The fourth-order valence-electron chi connectivity index (χ4n) is 2.13. The van der Waals surface area contributed by atoms with E-state index in [1.54, 1.807) is 0 Å². The third-order valence-corrected chi connectivity index (χ3v) is 2.99. The Kier molecular flexibility index (Phi) is 3.19. The lowest BCUT2D eigenvalue weighted by atomic mass is 10.1. The molecule has 0 radical (unpaired) electrons. The van der Waals surface area contributed by atoms with Crippen LogP contribution in [0.15, 0.2) is 18.2 Å². The standard InChI is InChI=1S/C12H17N3O2/c1-8-6-9(13)2-3-10(8)15-4-5-17-7-11(15)12(14)16/h2-3,6,11H,4-5,7,13H2,1H3,(H2,14,16). The molecule has 0 saturated carbocycles. The summed E-state index contributed by atoms with van der Waals surface area (Å²) < 4.78 is 5.29. The lowest BCUT2D eigenvalue weighted by Crippen LogP contribution is -2.52. The van der Waals surface area contributed by atoms with E-state index in [0.29, 0.717) is 19.8 Å². The van der Waals surface area contributed by atoms with Crippen molar-refractivity contribution in [3.8, 4) is 0 Å². The van der Waals surface area contributed by atoms with Crippen molar-refractivity contribution >= 4 is 17.3 Å². The van der Waals surface area contributed by atoms with E-state index in [1.165, 1.54) is 0 Å². The van der Waals surface area contributed by atoms with E-state index in [1.807, 2.05) is 30.0 Å². The highest BCUT2D eigenvalue weighted by molar-refractivity contribution is 5.84. The van der Waals surface area contributed by atoms with Crippen LogP contribution in [-0.2, 0) is 9.53 Å². The number of morpholine rings is 1. The van der Waals surface area contributed by atoms with Crippen LogP contribution in [0.1, 0.15) is 5.56 Å². The second kappa shape index (κ2) is 4.63. The number of nitrogen functional groups attached to an aromatic ring is 1. The van der Waals surface area contributed by atoms with Gasteiger partial charge in [-0.25, -0.2) is 0 Å². The van der Waals surface area contributed by atoms with Gasteiger partial charge in [-0.15, -0.1) is 0 Å². The Hall–Kier alpha value is -1.75. The molecule has 1 atom stereocenters. The maximum absolute atomic E-state index is 11.4. The maximum Gasteiger partial charge on any atom is 0.242 e. The number of primary amides is 1. The van der Waals surface area contributed by atoms with Crippen molar-refractivity contribution in [3.63, 3.8) is 0 Å². The number of hydrogen-bond donors (Lipinski definition) is 2. The van der Waals surface area contributed by atoms with E-state index < -0.39 is 6.04 Å². The first-order valence-corrected chi connectivity index (χ1v) is 5.59. The van der Waals surface area contributed by atoms with Crippen LogP contribution >= 0.6 is 0 Å². The largest absolute Gasteiger partial charge is 0.399 e. The summed E-state index contributed by atoms with van der Waals surface area (Å²) in [6.07, 6.45) is 0. The normalized spacial score (nSPS) is 20.3. The minimum Gasteiger partial charge on any atom is -0.399 e. The summed E-state index contributed by atoms with van der Waals surface area (Å²) in [5.74, 6) is -0.360. The van der Waals surface area contributed by atoms with Crippen LogP contribution in [0.2, 0.25) is 0 Å². The molecule has 4 N–H and O–H groups in total. The summed E-state index contributed by atoms with van der Waals surface area (Å²) in [5, 5.41) is 0. The number of ether oxygens (including phenoxy) is 1. The lowest BCUT2D eigenvalue weighted by molar-refractivity contribution is -0.121. The molecule has 1 heterocycles. The van der Waals surface area contributed by atoms with Crippen LogP contribution in [0.5, 0.6) is 0 Å². The number of carbonyl (C=O) groups excluding carboxylic acids is 1. The molecule has 2 rings (SSSR count). The van der Waals surface area contributed by atoms with Crippen LogP contribution in [-0.4, -0.2) is 31.7 Å². The average molecular weight is 235 g/mol. The number of amides is 1. The summed E-state index contributed by atoms with van der Waals surface area (Å²) in [7, 11) is 0. The first-order chi connectivity index (χ1) is 8.09. The van der Waals surface area contributed by atoms with Gasteiger partial charge in [-0.2, -0.15) is 0 Å². The molecule has 0 bridgehead atoms. The zero-order chi connectivity index (χ0) is 12.4. The Morgan fingerprint density at radius 3 is 2.94 bits per heavy atom. The molecule has 1 aromatic rings. The Morgan fingerprint density at radius 2 is 2.29 bits per heavy atom. The van der Waals surface area contributed by atoms with Crippen LogP contribution < -0.4 is 16.4 Å². The first kappa shape index (κ1) is 11.7. The highest BCUT2D eigenvalue weighted by Gasteiger charge is 2.28. The fraction of sp³-hybridized carbons (Fsp3) is 0.417. The SMILES string of the molecule is Cc1cc(N)ccc1N1CCOCC1C(N)=O. The van der Waals surface area contributed by atoms with Gasteiger partial charge in [-0.05, 0) is 30.7 Å². The molecular weight excluding hydrogens is 218 g/mol. The molecule has 1 aromatic carbocycles. The highest BCUT2D eigenvalue weighted by atomic mass is 16.5. The van der Waals surface area contributed by atoms with E-state index >= 15 is 0 Å². The Balaban J connectivity index is 2.32. The van der Waals surface area contributed by atoms with E-state index in [-0.39, 0.29) is 5.91 Å². The summed E-state index contributed by atoms with van der Waals surface area (Å²) in [4.78, 5) is 13.4. The molecule has 0 aliphatic carbocycles. The topological polar surface area (TPSA) is 81.6 Å². The number of benzene rings is 1. The quantitative estimate of drug-likeness (QED) is 0.721. The van der Waals surface area contributed by atoms with Crippen molar-refractivity contribution in [1.29, 1.82) is 0 Å². The number of anilines is 2.